The lowest BCUT2D eigenvalue weighted by Crippen LogP contribution is -2.42. The van der Waals surface area contributed by atoms with Crippen LogP contribution in [0.25, 0.3) is 0 Å². The molecule has 0 radical (unpaired) electrons. The van der Waals surface area contributed by atoms with Gasteiger partial charge in [-0.1, -0.05) is 25.4 Å². The fourth-order valence-electron chi connectivity index (χ4n) is 3.27. The Labute approximate surface area is 165 Å². The Balaban J connectivity index is 2.20. The molecule has 1 fully saturated rings. The number of carbonyl (C=O) groups is 2. The van der Waals surface area contributed by atoms with Crippen LogP contribution in [-0.2, 0) is 19.6 Å². The van der Waals surface area contributed by atoms with Crippen molar-refractivity contribution >= 4 is 33.5 Å². The lowest BCUT2D eigenvalue weighted by atomic mass is 9.94. The number of rotatable bonds is 6. The van der Waals surface area contributed by atoms with Crippen LogP contribution in [-0.4, -0.2) is 51.3 Å². The van der Waals surface area contributed by atoms with Crippen molar-refractivity contribution in [2.45, 2.75) is 31.6 Å². The summed E-state index contributed by atoms with van der Waals surface area (Å²) in [4.78, 5) is 23.5. The van der Waals surface area contributed by atoms with Gasteiger partial charge in [-0.15, -0.1) is 0 Å². The second kappa shape index (κ2) is 9.03. The number of sulfonamides is 1. The summed E-state index contributed by atoms with van der Waals surface area (Å²) in [6, 6.07) is 4.10. The zero-order chi connectivity index (χ0) is 20.2. The maximum absolute atomic E-state index is 13.0. The number of benzene rings is 1. The topological polar surface area (TPSA) is 92.8 Å². The quantitative estimate of drug-likeness (QED) is 0.718. The number of ether oxygens (including phenoxy) is 1. The summed E-state index contributed by atoms with van der Waals surface area (Å²) in [6.45, 7) is 5.03. The second-order valence-electron chi connectivity index (χ2n) is 6.99. The Hall–Kier alpha value is -1.64. The molecule has 0 aromatic heterocycles. The van der Waals surface area contributed by atoms with Crippen molar-refractivity contribution in [3.63, 3.8) is 0 Å². The van der Waals surface area contributed by atoms with Crippen LogP contribution >= 0.6 is 11.6 Å². The molecule has 0 spiro atoms. The third kappa shape index (κ3) is 5.43. The van der Waals surface area contributed by atoms with E-state index in [0.717, 1.165) is 6.42 Å². The van der Waals surface area contributed by atoms with Crippen LogP contribution < -0.4 is 5.32 Å². The molecule has 1 amide bonds. The number of carbonyl (C=O) groups excluding carboxylic acids is 2. The molecule has 2 rings (SSSR count). The summed E-state index contributed by atoms with van der Waals surface area (Å²) in [7, 11) is -2.46. The van der Waals surface area contributed by atoms with Gasteiger partial charge in [-0.05, 0) is 36.5 Å². The Morgan fingerprint density at radius 1 is 1.26 bits per heavy atom. The van der Waals surface area contributed by atoms with Crippen LogP contribution in [0, 0.1) is 11.8 Å². The monoisotopic (exact) mass is 416 g/mol. The Kier molecular flexibility index (Phi) is 7.25. The Bertz CT molecular complexity index is 802. The van der Waals surface area contributed by atoms with E-state index in [9.17, 15) is 18.0 Å². The predicted molar refractivity (Wildman–Crippen MR) is 102 cm³/mol. The smallest absolute Gasteiger partial charge is 0.307 e. The summed E-state index contributed by atoms with van der Waals surface area (Å²) in [5.74, 6) is -0.443. The predicted octanol–water partition coefficient (Wildman–Crippen LogP) is 2.30. The molecule has 1 aromatic carbocycles. The molecular weight excluding hydrogens is 392 g/mol. The van der Waals surface area contributed by atoms with E-state index in [2.05, 4.69) is 10.1 Å². The first-order chi connectivity index (χ1) is 12.6. The summed E-state index contributed by atoms with van der Waals surface area (Å²) in [5, 5.41) is 2.69. The van der Waals surface area contributed by atoms with Gasteiger partial charge in [0.25, 0.3) is 5.91 Å². The van der Waals surface area contributed by atoms with Gasteiger partial charge in [0.15, 0.2) is 0 Å². The minimum atomic E-state index is -3.72. The summed E-state index contributed by atoms with van der Waals surface area (Å²) < 4.78 is 32.0. The SMILES string of the molecule is COC(=O)CCNC(=O)c1cc(S(=O)(=O)N2CC(C)CC(C)C2)ccc1Cl. The number of nitrogens with one attached hydrogen (secondary N) is 1. The van der Waals surface area contributed by atoms with Gasteiger partial charge >= 0.3 is 5.97 Å². The van der Waals surface area contributed by atoms with E-state index in [1.54, 1.807) is 0 Å². The number of piperidine rings is 1. The number of nitrogens with zero attached hydrogens (tertiary/aromatic N) is 1. The molecule has 1 N–H and O–H groups in total. The Morgan fingerprint density at radius 3 is 2.48 bits per heavy atom. The second-order valence-corrected chi connectivity index (χ2v) is 9.34. The molecule has 1 aliphatic heterocycles. The van der Waals surface area contributed by atoms with Crippen LogP contribution in [0.5, 0.6) is 0 Å². The number of hydrogen-bond donors (Lipinski definition) is 1. The first kappa shape index (κ1) is 21.7. The zero-order valence-corrected chi connectivity index (χ0v) is 17.3. The highest BCUT2D eigenvalue weighted by Gasteiger charge is 2.32. The van der Waals surface area contributed by atoms with E-state index in [1.165, 1.54) is 29.6 Å². The molecule has 7 nitrogen and oxygen atoms in total. The molecule has 9 heteroatoms. The van der Waals surface area contributed by atoms with E-state index >= 15 is 0 Å². The summed E-state index contributed by atoms with van der Waals surface area (Å²) in [6.07, 6.45) is 1.00. The molecule has 1 heterocycles. The zero-order valence-electron chi connectivity index (χ0n) is 15.7. The standard InChI is InChI=1S/C18H25ClN2O5S/c1-12-8-13(2)11-21(10-12)27(24,25)14-4-5-16(19)15(9-14)18(23)20-7-6-17(22)26-3/h4-5,9,12-13H,6-8,10-11H2,1-3H3,(H,20,23). The van der Waals surface area contributed by atoms with Crippen molar-refractivity contribution in [3.8, 4) is 0 Å². The summed E-state index contributed by atoms with van der Waals surface area (Å²) >= 11 is 6.08. The number of methoxy groups -OCH3 is 1. The van der Waals surface area contributed by atoms with Gasteiger partial charge in [0.2, 0.25) is 10.0 Å². The van der Waals surface area contributed by atoms with E-state index in [-0.39, 0.29) is 40.3 Å². The maximum atomic E-state index is 13.0. The maximum Gasteiger partial charge on any atom is 0.307 e. The highest BCUT2D eigenvalue weighted by molar-refractivity contribution is 7.89. The van der Waals surface area contributed by atoms with Gasteiger partial charge in [-0.25, -0.2) is 8.42 Å². The van der Waals surface area contributed by atoms with Crippen LogP contribution in [0.15, 0.2) is 23.1 Å². The van der Waals surface area contributed by atoms with Gasteiger partial charge in [0.1, 0.15) is 0 Å². The molecule has 27 heavy (non-hydrogen) atoms. The highest BCUT2D eigenvalue weighted by Crippen LogP contribution is 2.28. The lowest BCUT2D eigenvalue weighted by molar-refractivity contribution is -0.140. The van der Waals surface area contributed by atoms with Crippen molar-refractivity contribution in [1.29, 1.82) is 0 Å². The van der Waals surface area contributed by atoms with Crippen molar-refractivity contribution in [3.05, 3.63) is 28.8 Å². The largest absolute Gasteiger partial charge is 0.469 e. The van der Waals surface area contributed by atoms with E-state index in [4.69, 9.17) is 11.6 Å². The van der Waals surface area contributed by atoms with Crippen molar-refractivity contribution in [1.82, 2.24) is 9.62 Å². The van der Waals surface area contributed by atoms with Crippen molar-refractivity contribution in [2.24, 2.45) is 11.8 Å². The summed E-state index contributed by atoms with van der Waals surface area (Å²) in [5.41, 5.74) is 0.0562. The third-order valence-electron chi connectivity index (χ3n) is 4.50. The lowest BCUT2D eigenvalue weighted by Gasteiger charge is -2.34. The van der Waals surface area contributed by atoms with E-state index in [0.29, 0.717) is 13.1 Å². The van der Waals surface area contributed by atoms with E-state index in [1.807, 2.05) is 13.8 Å². The van der Waals surface area contributed by atoms with Gasteiger partial charge < -0.3 is 10.1 Å². The van der Waals surface area contributed by atoms with Crippen LogP contribution in [0.2, 0.25) is 5.02 Å². The van der Waals surface area contributed by atoms with Gasteiger partial charge in [-0.2, -0.15) is 4.31 Å². The third-order valence-corrected chi connectivity index (χ3v) is 6.66. The number of esters is 1. The first-order valence-corrected chi connectivity index (χ1v) is 10.6. The van der Waals surface area contributed by atoms with Gasteiger partial charge in [0.05, 0.1) is 29.0 Å². The van der Waals surface area contributed by atoms with Gasteiger partial charge in [0, 0.05) is 19.6 Å². The van der Waals surface area contributed by atoms with Crippen LogP contribution in [0.4, 0.5) is 0 Å². The molecule has 2 atom stereocenters. The molecule has 1 saturated heterocycles. The number of amides is 1. The molecule has 150 valence electrons. The molecule has 0 bridgehead atoms. The molecule has 0 aliphatic carbocycles. The van der Waals surface area contributed by atoms with Crippen molar-refractivity contribution in [2.75, 3.05) is 26.7 Å². The molecule has 1 aromatic rings. The number of hydrogen-bond acceptors (Lipinski definition) is 5. The first-order valence-electron chi connectivity index (χ1n) is 8.79. The normalized spacial score (nSPS) is 20.9. The molecular formula is C18H25ClN2O5S. The average Bonchev–Trinajstić information content (AvgIpc) is 2.60. The van der Waals surface area contributed by atoms with Crippen LogP contribution in [0.1, 0.15) is 37.0 Å². The minimum Gasteiger partial charge on any atom is -0.469 e. The number of halogens is 1. The minimum absolute atomic E-state index is 0.0153. The van der Waals surface area contributed by atoms with Crippen LogP contribution in [0.3, 0.4) is 0 Å². The fraction of sp³-hybridized carbons (Fsp3) is 0.556. The highest BCUT2D eigenvalue weighted by atomic mass is 35.5. The van der Waals surface area contributed by atoms with E-state index < -0.39 is 21.9 Å². The molecule has 0 saturated carbocycles. The molecule has 2 unspecified atom stereocenters. The Morgan fingerprint density at radius 2 is 1.89 bits per heavy atom. The van der Waals surface area contributed by atoms with Crippen molar-refractivity contribution < 1.29 is 22.7 Å². The fourth-order valence-corrected chi connectivity index (χ4v) is 5.18. The van der Waals surface area contributed by atoms with Gasteiger partial charge in [-0.3, -0.25) is 9.59 Å². The average molecular weight is 417 g/mol. The molecule has 1 aliphatic rings.